The molecule has 0 radical (unpaired) electrons. The number of hydrogen-bond acceptors (Lipinski definition) is 2. The molecule has 21 heavy (non-hydrogen) atoms. The summed E-state index contributed by atoms with van der Waals surface area (Å²) in [5, 5.41) is 13.9. The van der Waals surface area contributed by atoms with Gasteiger partial charge in [-0.2, -0.15) is 0 Å². The van der Waals surface area contributed by atoms with Crippen molar-refractivity contribution in [2.45, 2.75) is 0 Å². The lowest BCUT2D eigenvalue weighted by Crippen LogP contribution is -2.21. The standard InChI is InChI=1S/C14H10BrFN2O3/c15-8-4-5-11(13(19)20)12(6-8)18-14(21)17-10-3-1-2-9(16)7-10/h1-7H,(H,19,20)(H2,17,18,21). The summed E-state index contributed by atoms with van der Waals surface area (Å²) in [5.41, 5.74) is 0.345. The zero-order chi connectivity index (χ0) is 15.4. The number of carboxylic acids is 1. The minimum Gasteiger partial charge on any atom is -0.478 e. The van der Waals surface area contributed by atoms with Crippen molar-refractivity contribution in [3.8, 4) is 0 Å². The van der Waals surface area contributed by atoms with E-state index in [1.54, 1.807) is 6.07 Å². The van der Waals surface area contributed by atoms with Gasteiger partial charge in [0.2, 0.25) is 0 Å². The summed E-state index contributed by atoms with van der Waals surface area (Å²) in [6.45, 7) is 0. The van der Waals surface area contributed by atoms with Crippen LogP contribution < -0.4 is 10.6 Å². The van der Waals surface area contributed by atoms with Crippen molar-refractivity contribution in [3.63, 3.8) is 0 Å². The number of carboxylic acid groups (broad SMARTS) is 1. The Morgan fingerprint density at radius 2 is 1.86 bits per heavy atom. The highest BCUT2D eigenvalue weighted by Gasteiger charge is 2.13. The predicted molar refractivity (Wildman–Crippen MR) is 80.1 cm³/mol. The average molecular weight is 353 g/mol. The Labute approximate surface area is 127 Å². The SMILES string of the molecule is O=C(Nc1cccc(F)c1)Nc1cc(Br)ccc1C(=O)O. The number of hydrogen-bond donors (Lipinski definition) is 3. The second-order valence-electron chi connectivity index (χ2n) is 4.08. The molecular weight excluding hydrogens is 343 g/mol. The Hall–Kier alpha value is -2.41. The highest BCUT2D eigenvalue weighted by molar-refractivity contribution is 9.10. The normalized spacial score (nSPS) is 10.0. The van der Waals surface area contributed by atoms with E-state index < -0.39 is 17.8 Å². The van der Waals surface area contributed by atoms with Crippen LogP contribution in [0.4, 0.5) is 20.6 Å². The molecular formula is C14H10BrFN2O3. The maximum absolute atomic E-state index is 13.0. The van der Waals surface area contributed by atoms with E-state index in [0.717, 1.165) is 6.07 Å². The second kappa shape index (κ2) is 6.36. The van der Waals surface area contributed by atoms with Gasteiger partial charge in [0.1, 0.15) is 5.82 Å². The summed E-state index contributed by atoms with van der Waals surface area (Å²) in [4.78, 5) is 22.9. The van der Waals surface area contributed by atoms with Gasteiger partial charge in [0.05, 0.1) is 11.3 Å². The van der Waals surface area contributed by atoms with E-state index in [9.17, 15) is 14.0 Å². The molecule has 0 saturated carbocycles. The van der Waals surface area contributed by atoms with Gasteiger partial charge in [0, 0.05) is 10.2 Å². The quantitative estimate of drug-likeness (QED) is 0.782. The molecule has 0 saturated heterocycles. The number of carbonyl (C=O) groups excluding carboxylic acids is 1. The van der Waals surface area contributed by atoms with E-state index >= 15 is 0 Å². The lowest BCUT2D eigenvalue weighted by molar-refractivity contribution is 0.0698. The first kappa shape index (κ1) is 15.0. The third-order valence-electron chi connectivity index (χ3n) is 2.54. The molecule has 0 spiro atoms. The average Bonchev–Trinajstić information content (AvgIpc) is 2.38. The summed E-state index contributed by atoms with van der Waals surface area (Å²) in [7, 11) is 0. The van der Waals surface area contributed by atoms with Gasteiger partial charge in [0.15, 0.2) is 0 Å². The first-order valence-corrected chi connectivity index (χ1v) is 6.61. The fraction of sp³-hybridized carbons (Fsp3) is 0. The van der Waals surface area contributed by atoms with E-state index in [1.807, 2.05) is 0 Å². The van der Waals surface area contributed by atoms with Gasteiger partial charge < -0.3 is 15.7 Å². The molecule has 2 amide bonds. The zero-order valence-corrected chi connectivity index (χ0v) is 12.1. The van der Waals surface area contributed by atoms with Crippen molar-refractivity contribution in [3.05, 3.63) is 58.3 Å². The van der Waals surface area contributed by atoms with Crippen molar-refractivity contribution in [2.24, 2.45) is 0 Å². The molecule has 0 unspecified atom stereocenters. The Kier molecular flexibility index (Phi) is 4.54. The van der Waals surface area contributed by atoms with E-state index in [-0.39, 0.29) is 16.9 Å². The molecule has 2 aromatic carbocycles. The van der Waals surface area contributed by atoms with Crippen molar-refractivity contribution in [1.82, 2.24) is 0 Å². The van der Waals surface area contributed by atoms with E-state index in [2.05, 4.69) is 26.6 Å². The first-order chi connectivity index (χ1) is 9.95. The smallest absolute Gasteiger partial charge is 0.337 e. The minimum absolute atomic E-state index is 0.0485. The van der Waals surface area contributed by atoms with E-state index in [4.69, 9.17) is 5.11 Å². The Morgan fingerprint density at radius 3 is 2.52 bits per heavy atom. The number of benzene rings is 2. The fourth-order valence-electron chi connectivity index (χ4n) is 1.66. The second-order valence-corrected chi connectivity index (χ2v) is 5.00. The largest absolute Gasteiger partial charge is 0.478 e. The van der Waals surface area contributed by atoms with Crippen molar-refractivity contribution >= 4 is 39.3 Å². The van der Waals surface area contributed by atoms with Crippen molar-refractivity contribution in [1.29, 1.82) is 0 Å². The molecule has 0 aliphatic carbocycles. The highest BCUT2D eigenvalue weighted by atomic mass is 79.9. The molecule has 0 fully saturated rings. The summed E-state index contributed by atoms with van der Waals surface area (Å²) in [6, 6.07) is 9.09. The van der Waals surface area contributed by atoms with Crippen LogP contribution >= 0.6 is 15.9 Å². The molecule has 2 aromatic rings. The molecule has 5 nitrogen and oxygen atoms in total. The predicted octanol–water partition coefficient (Wildman–Crippen LogP) is 3.93. The lowest BCUT2D eigenvalue weighted by Gasteiger charge is -2.10. The summed E-state index contributed by atoms with van der Waals surface area (Å²) in [5.74, 6) is -1.65. The third-order valence-corrected chi connectivity index (χ3v) is 3.04. The Bertz CT molecular complexity index is 706. The van der Waals surface area contributed by atoms with Gasteiger partial charge in [0.25, 0.3) is 0 Å². The molecule has 0 atom stereocenters. The third kappa shape index (κ3) is 4.03. The molecule has 0 bridgehead atoms. The van der Waals surface area contributed by atoms with Gasteiger partial charge in [-0.25, -0.2) is 14.0 Å². The maximum atomic E-state index is 13.0. The number of amides is 2. The van der Waals surface area contributed by atoms with Crippen LogP contribution in [-0.2, 0) is 0 Å². The molecule has 108 valence electrons. The van der Waals surface area contributed by atoms with Crippen LogP contribution in [0.3, 0.4) is 0 Å². The van der Waals surface area contributed by atoms with E-state index in [1.165, 1.54) is 30.3 Å². The first-order valence-electron chi connectivity index (χ1n) is 5.82. The Morgan fingerprint density at radius 1 is 1.10 bits per heavy atom. The number of nitrogens with one attached hydrogen (secondary N) is 2. The monoisotopic (exact) mass is 352 g/mol. The van der Waals surface area contributed by atoms with Gasteiger partial charge in [-0.1, -0.05) is 22.0 Å². The lowest BCUT2D eigenvalue weighted by atomic mass is 10.2. The van der Waals surface area contributed by atoms with Crippen LogP contribution in [0.5, 0.6) is 0 Å². The van der Waals surface area contributed by atoms with Crippen LogP contribution in [0.1, 0.15) is 10.4 Å². The fourth-order valence-corrected chi connectivity index (χ4v) is 2.02. The molecule has 0 aliphatic heterocycles. The number of urea groups is 1. The molecule has 0 aliphatic rings. The number of aromatic carboxylic acids is 1. The minimum atomic E-state index is -1.16. The number of rotatable bonds is 3. The molecule has 2 rings (SSSR count). The molecule has 7 heteroatoms. The number of halogens is 2. The molecule has 0 aromatic heterocycles. The maximum Gasteiger partial charge on any atom is 0.337 e. The van der Waals surface area contributed by atoms with Gasteiger partial charge in [-0.3, -0.25) is 0 Å². The van der Waals surface area contributed by atoms with E-state index in [0.29, 0.717) is 4.47 Å². The van der Waals surface area contributed by atoms with Crippen LogP contribution in [0, 0.1) is 5.82 Å². The van der Waals surface area contributed by atoms with Crippen molar-refractivity contribution in [2.75, 3.05) is 10.6 Å². The Balaban J connectivity index is 2.16. The highest BCUT2D eigenvalue weighted by Crippen LogP contribution is 2.22. The van der Waals surface area contributed by atoms with Crippen LogP contribution in [-0.4, -0.2) is 17.1 Å². The zero-order valence-electron chi connectivity index (χ0n) is 10.6. The summed E-state index contributed by atoms with van der Waals surface area (Å²) < 4.78 is 13.6. The summed E-state index contributed by atoms with van der Waals surface area (Å²) in [6.07, 6.45) is 0. The number of anilines is 2. The molecule has 0 heterocycles. The van der Waals surface area contributed by atoms with Gasteiger partial charge >= 0.3 is 12.0 Å². The van der Waals surface area contributed by atoms with Gasteiger partial charge in [-0.15, -0.1) is 0 Å². The molecule has 3 N–H and O–H groups in total. The topological polar surface area (TPSA) is 78.4 Å². The number of carbonyl (C=O) groups is 2. The van der Waals surface area contributed by atoms with Crippen molar-refractivity contribution < 1.29 is 19.1 Å². The van der Waals surface area contributed by atoms with Crippen LogP contribution in [0.25, 0.3) is 0 Å². The van der Waals surface area contributed by atoms with Crippen LogP contribution in [0.2, 0.25) is 0 Å². The van der Waals surface area contributed by atoms with Gasteiger partial charge in [-0.05, 0) is 36.4 Å². The van der Waals surface area contributed by atoms with Crippen LogP contribution in [0.15, 0.2) is 46.9 Å². The summed E-state index contributed by atoms with van der Waals surface area (Å²) >= 11 is 3.20.